The number of hydrogen-bond donors (Lipinski definition) is 0. The molecule has 0 saturated carbocycles. The van der Waals surface area contributed by atoms with Gasteiger partial charge in [0.05, 0.1) is 31.0 Å². The lowest BCUT2D eigenvalue weighted by atomic mass is 10.2. The van der Waals surface area contributed by atoms with Crippen molar-refractivity contribution in [1.29, 1.82) is 0 Å². The van der Waals surface area contributed by atoms with Crippen LogP contribution in [0.5, 0.6) is 5.88 Å². The quantitative estimate of drug-likeness (QED) is 0.571. The van der Waals surface area contributed by atoms with Gasteiger partial charge in [-0.05, 0) is 12.0 Å². The summed E-state index contributed by atoms with van der Waals surface area (Å²) in [5.74, 6) is 2.38. The molecule has 0 N–H and O–H groups in total. The third-order valence-corrected chi connectivity index (χ3v) is 5.96. The SMILES string of the molecule is C#CC(=O)N1CCOc2nnc(-c3csc4c(=O)cc(N5CCOCC5)oc34)cc21. The average molecular weight is 424 g/mol. The van der Waals surface area contributed by atoms with E-state index in [1.165, 1.54) is 22.3 Å². The molecule has 0 unspecified atom stereocenters. The lowest BCUT2D eigenvalue weighted by molar-refractivity contribution is -0.113. The summed E-state index contributed by atoms with van der Waals surface area (Å²) < 4.78 is 17.5. The summed E-state index contributed by atoms with van der Waals surface area (Å²) >= 11 is 1.28. The van der Waals surface area contributed by atoms with Gasteiger partial charge in [-0.25, -0.2) is 0 Å². The lowest BCUT2D eigenvalue weighted by Gasteiger charge is -2.27. The summed E-state index contributed by atoms with van der Waals surface area (Å²) in [6, 6.07) is 3.19. The molecule has 0 radical (unpaired) electrons. The molecular weight excluding hydrogens is 408 g/mol. The number of morpholine rings is 1. The first kappa shape index (κ1) is 18.6. The predicted octanol–water partition coefficient (Wildman–Crippen LogP) is 1.51. The first-order chi connectivity index (χ1) is 14.7. The second-order valence-corrected chi connectivity index (χ2v) is 7.61. The van der Waals surface area contributed by atoms with Crippen LogP contribution in [0.1, 0.15) is 0 Å². The first-order valence-electron chi connectivity index (χ1n) is 9.33. The maximum Gasteiger partial charge on any atom is 0.302 e. The van der Waals surface area contributed by atoms with Crippen molar-refractivity contribution < 1.29 is 18.7 Å². The number of ether oxygens (including phenoxy) is 2. The van der Waals surface area contributed by atoms with Crippen LogP contribution in [0.4, 0.5) is 11.6 Å². The van der Waals surface area contributed by atoms with E-state index < -0.39 is 5.91 Å². The molecule has 0 bridgehead atoms. The number of nitrogens with zero attached hydrogens (tertiary/aromatic N) is 4. The second kappa shape index (κ2) is 7.44. The van der Waals surface area contributed by atoms with E-state index in [2.05, 4.69) is 16.1 Å². The molecule has 10 heteroatoms. The maximum absolute atomic E-state index is 12.7. The van der Waals surface area contributed by atoms with Gasteiger partial charge in [-0.2, -0.15) is 0 Å². The molecule has 0 spiro atoms. The molecule has 30 heavy (non-hydrogen) atoms. The molecule has 152 valence electrons. The number of carbonyl (C=O) groups excluding carboxylic acids is 1. The zero-order chi connectivity index (χ0) is 20.7. The summed E-state index contributed by atoms with van der Waals surface area (Å²) in [6.07, 6.45) is 5.29. The molecule has 9 nitrogen and oxygen atoms in total. The van der Waals surface area contributed by atoms with E-state index in [1.807, 2.05) is 4.90 Å². The van der Waals surface area contributed by atoms with Crippen LogP contribution in [0.2, 0.25) is 0 Å². The lowest BCUT2D eigenvalue weighted by Crippen LogP contribution is -2.37. The summed E-state index contributed by atoms with van der Waals surface area (Å²) in [4.78, 5) is 28.2. The monoisotopic (exact) mass is 424 g/mol. The van der Waals surface area contributed by atoms with Crippen molar-refractivity contribution in [2.24, 2.45) is 0 Å². The van der Waals surface area contributed by atoms with Crippen LogP contribution in [-0.2, 0) is 9.53 Å². The molecule has 0 aromatic carbocycles. The second-order valence-electron chi connectivity index (χ2n) is 6.73. The third-order valence-electron chi connectivity index (χ3n) is 4.98. The summed E-state index contributed by atoms with van der Waals surface area (Å²) in [5.41, 5.74) is 1.85. The fourth-order valence-corrected chi connectivity index (χ4v) is 4.39. The van der Waals surface area contributed by atoms with E-state index in [0.717, 1.165) is 0 Å². The van der Waals surface area contributed by atoms with E-state index in [9.17, 15) is 9.59 Å². The molecule has 2 aliphatic heterocycles. The zero-order valence-electron chi connectivity index (χ0n) is 15.8. The van der Waals surface area contributed by atoms with Gasteiger partial charge in [-0.1, -0.05) is 0 Å². The van der Waals surface area contributed by atoms with E-state index in [-0.39, 0.29) is 17.9 Å². The van der Waals surface area contributed by atoms with Crippen LogP contribution < -0.4 is 20.0 Å². The van der Waals surface area contributed by atoms with Crippen molar-refractivity contribution in [2.75, 3.05) is 49.3 Å². The van der Waals surface area contributed by atoms with Crippen molar-refractivity contribution in [3.05, 3.63) is 27.7 Å². The highest BCUT2D eigenvalue weighted by Crippen LogP contribution is 2.37. The Balaban J connectivity index is 1.61. The smallest absolute Gasteiger partial charge is 0.302 e. The number of anilines is 2. The van der Waals surface area contributed by atoms with Gasteiger partial charge in [0.15, 0.2) is 11.5 Å². The number of hydrogen-bond acceptors (Lipinski definition) is 9. The Kier molecular flexibility index (Phi) is 4.61. The van der Waals surface area contributed by atoms with Gasteiger partial charge in [-0.15, -0.1) is 28.0 Å². The van der Waals surface area contributed by atoms with Crippen molar-refractivity contribution >= 4 is 39.1 Å². The van der Waals surface area contributed by atoms with Gasteiger partial charge >= 0.3 is 5.91 Å². The highest BCUT2D eigenvalue weighted by Gasteiger charge is 2.26. The molecule has 3 aromatic heterocycles. The van der Waals surface area contributed by atoms with Gasteiger partial charge in [0, 0.05) is 24.5 Å². The van der Waals surface area contributed by atoms with Crippen LogP contribution in [0.25, 0.3) is 21.5 Å². The highest BCUT2D eigenvalue weighted by atomic mass is 32.1. The van der Waals surface area contributed by atoms with Crippen LogP contribution >= 0.6 is 11.3 Å². The number of aromatic nitrogens is 2. The minimum Gasteiger partial charge on any atom is -0.473 e. The van der Waals surface area contributed by atoms with E-state index in [4.69, 9.17) is 20.3 Å². The van der Waals surface area contributed by atoms with Gasteiger partial charge in [0.25, 0.3) is 5.88 Å². The normalized spacial score (nSPS) is 16.1. The van der Waals surface area contributed by atoms with Crippen molar-refractivity contribution in [3.8, 4) is 29.5 Å². The summed E-state index contributed by atoms with van der Waals surface area (Å²) in [6.45, 7) is 3.05. The fraction of sp³-hybridized carbons (Fsp3) is 0.300. The maximum atomic E-state index is 12.7. The molecule has 0 atom stereocenters. The Bertz CT molecular complexity index is 1240. The van der Waals surface area contributed by atoms with Crippen LogP contribution in [0, 0.1) is 12.3 Å². The minimum atomic E-state index is -0.477. The van der Waals surface area contributed by atoms with Gasteiger partial charge < -0.3 is 18.8 Å². The van der Waals surface area contributed by atoms with E-state index >= 15 is 0 Å². The Hall–Kier alpha value is -3.42. The highest BCUT2D eigenvalue weighted by molar-refractivity contribution is 7.17. The Morgan fingerprint density at radius 2 is 2.00 bits per heavy atom. The average Bonchev–Trinajstić information content (AvgIpc) is 3.23. The number of thiophene rings is 1. The Morgan fingerprint density at radius 3 is 2.80 bits per heavy atom. The Morgan fingerprint density at radius 1 is 1.17 bits per heavy atom. The van der Waals surface area contributed by atoms with Gasteiger partial charge in [0.1, 0.15) is 17.0 Å². The molecule has 1 amide bonds. The number of terminal acetylenes is 1. The van der Waals surface area contributed by atoms with Crippen molar-refractivity contribution in [1.82, 2.24) is 10.2 Å². The van der Waals surface area contributed by atoms with Crippen molar-refractivity contribution in [2.45, 2.75) is 0 Å². The third kappa shape index (κ3) is 3.08. The molecule has 5 rings (SSSR count). The van der Waals surface area contributed by atoms with Gasteiger partial charge in [-0.3, -0.25) is 14.5 Å². The van der Waals surface area contributed by atoms with Gasteiger partial charge in [0.2, 0.25) is 5.43 Å². The summed E-state index contributed by atoms with van der Waals surface area (Å²) in [5, 5.41) is 10.1. The predicted molar refractivity (Wildman–Crippen MR) is 111 cm³/mol. The van der Waals surface area contributed by atoms with Crippen molar-refractivity contribution in [3.63, 3.8) is 0 Å². The zero-order valence-corrected chi connectivity index (χ0v) is 16.6. The summed E-state index contributed by atoms with van der Waals surface area (Å²) in [7, 11) is 0. The molecule has 5 heterocycles. The number of amides is 1. The number of fused-ring (bicyclic) bond motifs is 2. The minimum absolute atomic E-state index is 0.118. The molecular formula is C20H16N4O5S. The van der Waals surface area contributed by atoms with E-state index in [0.29, 0.717) is 66.0 Å². The largest absolute Gasteiger partial charge is 0.473 e. The van der Waals surface area contributed by atoms with Crippen LogP contribution in [0.15, 0.2) is 26.7 Å². The Labute approximate surface area is 174 Å². The molecule has 1 saturated heterocycles. The number of carbonyl (C=O) groups is 1. The first-order valence-corrected chi connectivity index (χ1v) is 10.2. The number of rotatable bonds is 2. The van der Waals surface area contributed by atoms with Crippen LogP contribution in [0.3, 0.4) is 0 Å². The topological polar surface area (TPSA) is 98.0 Å². The molecule has 1 fully saturated rings. The molecule has 3 aromatic rings. The molecule has 2 aliphatic rings. The van der Waals surface area contributed by atoms with E-state index in [1.54, 1.807) is 11.4 Å². The fourth-order valence-electron chi connectivity index (χ4n) is 3.49. The van der Waals surface area contributed by atoms with Crippen LogP contribution in [-0.4, -0.2) is 55.6 Å². The standard InChI is InChI=1S/C20H16N4O5S/c1-2-16(26)24-5-8-28-20-14(24)9-13(21-22-20)12-11-30-19-15(25)10-17(29-18(12)19)23-3-6-27-7-4-23/h1,9-11H,3-8H2. The molecule has 0 aliphatic carbocycles.